The minimum Gasteiger partial charge on any atom is -0.0683 e. The van der Waals surface area contributed by atoms with Gasteiger partial charge in [0.2, 0.25) is 0 Å². The Morgan fingerprint density at radius 2 is 1.29 bits per heavy atom. The first-order valence-electron chi connectivity index (χ1n) is 7.99. The van der Waals surface area contributed by atoms with Gasteiger partial charge in [0.25, 0.3) is 0 Å². The van der Waals surface area contributed by atoms with E-state index in [0.29, 0.717) is 5.41 Å². The van der Waals surface area contributed by atoms with Crippen LogP contribution >= 0.6 is 0 Å². The van der Waals surface area contributed by atoms with Crippen molar-refractivity contribution in [2.75, 3.05) is 0 Å². The molecule has 0 N–H and O–H groups in total. The van der Waals surface area contributed by atoms with Crippen molar-refractivity contribution in [1.29, 1.82) is 0 Å². The molecule has 0 heteroatoms. The molecule has 0 radical (unpaired) electrons. The van der Waals surface area contributed by atoms with E-state index in [9.17, 15) is 0 Å². The molecule has 104 valence electrons. The van der Waals surface area contributed by atoms with Crippen LogP contribution in [0.25, 0.3) is 0 Å². The van der Waals surface area contributed by atoms with E-state index in [1.165, 1.54) is 38.5 Å². The standard InChI is InChI=1S/C15H30.C2H6/c1-6-12(7-2)13-8-10-14(11-9-13)15(3,4)5;1-2/h12-14H,6-11H2,1-5H3;1-2H3. The van der Waals surface area contributed by atoms with Crippen LogP contribution in [-0.2, 0) is 0 Å². The molecule has 17 heavy (non-hydrogen) atoms. The molecule has 0 saturated heterocycles. The van der Waals surface area contributed by atoms with Crippen LogP contribution < -0.4 is 0 Å². The molecule has 0 aromatic heterocycles. The lowest BCUT2D eigenvalue weighted by molar-refractivity contribution is 0.121. The monoisotopic (exact) mass is 240 g/mol. The third kappa shape index (κ3) is 5.44. The first-order valence-corrected chi connectivity index (χ1v) is 7.99. The van der Waals surface area contributed by atoms with E-state index in [1.54, 1.807) is 0 Å². The normalized spacial score (nSPS) is 25.4. The Kier molecular flexibility index (Phi) is 8.16. The summed E-state index contributed by atoms with van der Waals surface area (Å²) in [6.07, 6.45) is 8.72. The molecular weight excluding hydrogens is 204 g/mol. The first-order chi connectivity index (χ1) is 7.99. The van der Waals surface area contributed by atoms with Gasteiger partial charge in [0.1, 0.15) is 0 Å². The Bertz CT molecular complexity index is 163. The van der Waals surface area contributed by atoms with Crippen LogP contribution in [-0.4, -0.2) is 0 Å². The van der Waals surface area contributed by atoms with Gasteiger partial charge in [-0.1, -0.05) is 61.3 Å². The summed E-state index contributed by atoms with van der Waals surface area (Å²) in [5.74, 6) is 3.02. The minimum absolute atomic E-state index is 0.541. The molecule has 1 saturated carbocycles. The largest absolute Gasteiger partial charge is 0.0683 e. The summed E-state index contributed by atoms with van der Waals surface area (Å²) in [5.41, 5.74) is 0.541. The molecule has 0 bridgehead atoms. The van der Waals surface area contributed by atoms with Gasteiger partial charge >= 0.3 is 0 Å². The third-order valence-corrected chi connectivity index (χ3v) is 4.71. The van der Waals surface area contributed by atoms with Gasteiger partial charge in [-0.25, -0.2) is 0 Å². The second-order valence-corrected chi connectivity index (χ2v) is 6.55. The first kappa shape index (κ1) is 17.0. The molecule has 1 rings (SSSR count). The third-order valence-electron chi connectivity index (χ3n) is 4.71. The quantitative estimate of drug-likeness (QED) is 0.543. The highest BCUT2D eigenvalue weighted by atomic mass is 14.4. The summed E-state index contributed by atoms with van der Waals surface area (Å²) >= 11 is 0. The van der Waals surface area contributed by atoms with Gasteiger partial charge in [0.05, 0.1) is 0 Å². The molecule has 0 atom stereocenters. The van der Waals surface area contributed by atoms with E-state index in [2.05, 4.69) is 34.6 Å². The summed E-state index contributed by atoms with van der Waals surface area (Å²) in [6.45, 7) is 16.0. The summed E-state index contributed by atoms with van der Waals surface area (Å²) < 4.78 is 0. The molecule has 0 heterocycles. The van der Waals surface area contributed by atoms with E-state index in [0.717, 1.165) is 17.8 Å². The maximum atomic E-state index is 2.41. The zero-order chi connectivity index (χ0) is 13.5. The SMILES string of the molecule is CC.CCC(CC)C1CCC(C(C)(C)C)CC1. The van der Waals surface area contributed by atoms with Gasteiger partial charge in [0.15, 0.2) is 0 Å². The summed E-state index contributed by atoms with van der Waals surface area (Å²) in [6, 6.07) is 0. The Morgan fingerprint density at radius 3 is 1.59 bits per heavy atom. The van der Waals surface area contributed by atoms with E-state index in [-0.39, 0.29) is 0 Å². The fourth-order valence-electron chi connectivity index (χ4n) is 3.41. The maximum absolute atomic E-state index is 2.41. The van der Waals surface area contributed by atoms with Gasteiger partial charge < -0.3 is 0 Å². The molecule has 0 aromatic rings. The highest BCUT2D eigenvalue weighted by Crippen LogP contribution is 2.42. The Labute approximate surface area is 111 Å². The average Bonchev–Trinajstić information content (AvgIpc) is 2.33. The van der Waals surface area contributed by atoms with Crippen LogP contribution in [0, 0.1) is 23.2 Å². The van der Waals surface area contributed by atoms with Crippen molar-refractivity contribution in [3.05, 3.63) is 0 Å². The van der Waals surface area contributed by atoms with Crippen LogP contribution in [0.2, 0.25) is 0 Å². The average molecular weight is 240 g/mol. The summed E-state index contributed by atoms with van der Waals surface area (Å²) in [4.78, 5) is 0. The molecule has 0 spiro atoms. The van der Waals surface area contributed by atoms with Crippen molar-refractivity contribution < 1.29 is 0 Å². The van der Waals surface area contributed by atoms with Gasteiger partial charge in [-0.2, -0.15) is 0 Å². The predicted molar refractivity (Wildman–Crippen MR) is 80.3 cm³/mol. The van der Waals surface area contributed by atoms with Crippen molar-refractivity contribution in [2.24, 2.45) is 23.2 Å². The van der Waals surface area contributed by atoms with Gasteiger partial charge in [-0.3, -0.25) is 0 Å². The predicted octanol–water partition coefficient (Wildman–Crippen LogP) is 6.30. The lowest BCUT2D eigenvalue weighted by Crippen LogP contribution is -2.28. The molecule has 1 aliphatic carbocycles. The van der Waals surface area contributed by atoms with Crippen LogP contribution in [0.4, 0.5) is 0 Å². The molecule has 0 nitrogen and oxygen atoms in total. The highest BCUT2D eigenvalue weighted by Gasteiger charge is 2.31. The smallest absolute Gasteiger partial charge is 0.0354 e. The second-order valence-electron chi connectivity index (χ2n) is 6.55. The second kappa shape index (κ2) is 8.16. The zero-order valence-corrected chi connectivity index (χ0v) is 13.5. The van der Waals surface area contributed by atoms with E-state index in [4.69, 9.17) is 0 Å². The molecule has 0 unspecified atom stereocenters. The molecule has 1 aliphatic rings. The Balaban J connectivity index is 0.00000121. The van der Waals surface area contributed by atoms with Crippen molar-refractivity contribution in [1.82, 2.24) is 0 Å². The lowest BCUT2D eigenvalue weighted by Gasteiger charge is -2.39. The van der Waals surface area contributed by atoms with E-state index < -0.39 is 0 Å². The minimum atomic E-state index is 0.541. The molecule has 0 aromatic carbocycles. The maximum Gasteiger partial charge on any atom is -0.0354 e. The Hall–Kier alpha value is 0. The van der Waals surface area contributed by atoms with Crippen molar-refractivity contribution in [3.63, 3.8) is 0 Å². The van der Waals surface area contributed by atoms with Crippen molar-refractivity contribution in [3.8, 4) is 0 Å². The summed E-state index contributed by atoms with van der Waals surface area (Å²) in [7, 11) is 0. The van der Waals surface area contributed by atoms with Crippen molar-refractivity contribution >= 4 is 0 Å². The van der Waals surface area contributed by atoms with E-state index in [1.807, 2.05) is 13.8 Å². The number of hydrogen-bond acceptors (Lipinski definition) is 0. The van der Waals surface area contributed by atoms with Crippen LogP contribution in [0.1, 0.15) is 87.0 Å². The molecule has 0 amide bonds. The number of rotatable bonds is 3. The van der Waals surface area contributed by atoms with Crippen LogP contribution in [0.3, 0.4) is 0 Å². The Morgan fingerprint density at radius 1 is 0.882 bits per heavy atom. The molecular formula is C17H36. The topological polar surface area (TPSA) is 0 Å². The van der Waals surface area contributed by atoms with Crippen LogP contribution in [0.5, 0.6) is 0 Å². The van der Waals surface area contributed by atoms with Crippen LogP contribution in [0.15, 0.2) is 0 Å². The molecule has 1 fully saturated rings. The zero-order valence-electron chi connectivity index (χ0n) is 13.5. The summed E-state index contributed by atoms with van der Waals surface area (Å²) in [5, 5.41) is 0. The highest BCUT2D eigenvalue weighted by molar-refractivity contribution is 4.82. The lowest BCUT2D eigenvalue weighted by atomic mass is 9.67. The fraction of sp³-hybridized carbons (Fsp3) is 1.00. The van der Waals surface area contributed by atoms with E-state index >= 15 is 0 Å². The molecule has 0 aliphatic heterocycles. The number of hydrogen-bond donors (Lipinski definition) is 0. The van der Waals surface area contributed by atoms with Gasteiger partial charge in [-0.05, 0) is 48.9 Å². The fourth-order valence-corrected chi connectivity index (χ4v) is 3.41. The van der Waals surface area contributed by atoms with Crippen molar-refractivity contribution in [2.45, 2.75) is 87.0 Å². The van der Waals surface area contributed by atoms with Gasteiger partial charge in [-0.15, -0.1) is 0 Å². The van der Waals surface area contributed by atoms with Gasteiger partial charge in [0, 0.05) is 0 Å².